The number of nitrogens with zero attached hydrogens (tertiary/aromatic N) is 2. The first kappa shape index (κ1) is 13.1. The van der Waals surface area contributed by atoms with Crippen molar-refractivity contribution in [1.29, 1.82) is 5.41 Å². The topological polar surface area (TPSA) is 66.0 Å². The molecule has 0 saturated carbocycles. The largest absolute Gasteiger partial charge is 0.383 e. The lowest BCUT2D eigenvalue weighted by Crippen LogP contribution is -2.25. The summed E-state index contributed by atoms with van der Waals surface area (Å²) in [5, 5.41) is 8.49. The molecule has 0 amide bonds. The summed E-state index contributed by atoms with van der Waals surface area (Å²) in [6.07, 6.45) is 0.945. The number of amidine groups is 1. The lowest BCUT2D eigenvalue weighted by molar-refractivity contribution is 0.308. The van der Waals surface area contributed by atoms with Gasteiger partial charge in [-0.15, -0.1) is 11.3 Å². The predicted octanol–water partition coefficient (Wildman–Crippen LogP) is 1.62. The van der Waals surface area contributed by atoms with Gasteiger partial charge in [-0.25, -0.2) is 4.98 Å². The number of nitrogens with two attached hydrogens (primary N) is 1. The zero-order chi connectivity index (χ0) is 12.1. The first-order valence-electron chi connectivity index (χ1n) is 5.61. The Hall–Kier alpha value is -0.940. The van der Waals surface area contributed by atoms with E-state index >= 15 is 0 Å². The Morgan fingerprint density at radius 3 is 2.50 bits per heavy atom. The second-order valence-electron chi connectivity index (χ2n) is 3.71. The molecular formula is C11H20N4S. The van der Waals surface area contributed by atoms with E-state index in [0.29, 0.717) is 0 Å². The van der Waals surface area contributed by atoms with Crippen molar-refractivity contribution in [2.24, 2.45) is 5.73 Å². The molecule has 0 aliphatic rings. The van der Waals surface area contributed by atoms with Crippen molar-refractivity contribution >= 4 is 17.2 Å². The van der Waals surface area contributed by atoms with Gasteiger partial charge in [-0.2, -0.15) is 0 Å². The number of nitrogens with one attached hydrogen (secondary N) is 1. The van der Waals surface area contributed by atoms with E-state index in [1.165, 1.54) is 0 Å². The fourth-order valence-electron chi connectivity index (χ4n) is 1.60. The molecule has 0 aromatic carbocycles. The molecule has 3 N–H and O–H groups in total. The highest BCUT2D eigenvalue weighted by molar-refractivity contribution is 7.13. The maximum atomic E-state index is 7.42. The van der Waals surface area contributed by atoms with Crippen molar-refractivity contribution in [1.82, 2.24) is 9.88 Å². The van der Waals surface area contributed by atoms with Crippen molar-refractivity contribution in [2.45, 2.75) is 27.2 Å². The minimum absolute atomic E-state index is 0.129. The number of rotatable bonds is 6. The molecule has 0 atom stereocenters. The van der Waals surface area contributed by atoms with E-state index < -0.39 is 0 Å². The molecule has 90 valence electrons. The fourth-order valence-corrected chi connectivity index (χ4v) is 2.52. The molecule has 0 spiro atoms. The molecule has 1 rings (SSSR count). The van der Waals surface area contributed by atoms with Gasteiger partial charge < -0.3 is 10.6 Å². The van der Waals surface area contributed by atoms with Crippen LogP contribution in [0.5, 0.6) is 0 Å². The molecule has 5 heteroatoms. The van der Waals surface area contributed by atoms with Crippen LogP contribution in [0, 0.1) is 12.3 Å². The lowest BCUT2D eigenvalue weighted by Gasteiger charge is -2.16. The zero-order valence-corrected chi connectivity index (χ0v) is 11.0. The highest BCUT2D eigenvalue weighted by Crippen LogP contribution is 2.17. The lowest BCUT2D eigenvalue weighted by atomic mass is 10.3. The molecule has 0 aliphatic carbocycles. The maximum Gasteiger partial charge on any atom is 0.135 e. The van der Waals surface area contributed by atoms with Crippen LogP contribution in [0.1, 0.15) is 29.4 Å². The molecule has 1 heterocycles. The van der Waals surface area contributed by atoms with Crippen LogP contribution in [0.25, 0.3) is 0 Å². The third-order valence-corrected chi connectivity index (χ3v) is 3.87. The van der Waals surface area contributed by atoms with Crippen LogP contribution >= 0.6 is 11.3 Å². The fraction of sp³-hybridized carbons (Fsp3) is 0.636. The highest BCUT2D eigenvalue weighted by Gasteiger charge is 2.10. The zero-order valence-electron chi connectivity index (χ0n) is 10.2. The van der Waals surface area contributed by atoms with Gasteiger partial charge in [-0.3, -0.25) is 5.41 Å². The standard InChI is InChI=1S/C11H20N4S/c1-4-15(5-2)7-6-9-14-8(3)10(16-9)11(12)13/h4-7H2,1-3H3,(H3,12,13). The van der Waals surface area contributed by atoms with Gasteiger partial charge in [0.25, 0.3) is 0 Å². The quantitative estimate of drug-likeness (QED) is 0.586. The number of aromatic nitrogens is 1. The van der Waals surface area contributed by atoms with E-state index in [-0.39, 0.29) is 5.84 Å². The molecule has 0 aliphatic heterocycles. The third-order valence-electron chi connectivity index (χ3n) is 2.62. The second-order valence-corrected chi connectivity index (χ2v) is 4.80. The van der Waals surface area contributed by atoms with Gasteiger partial charge in [0.15, 0.2) is 0 Å². The number of aryl methyl sites for hydroxylation is 1. The first-order valence-corrected chi connectivity index (χ1v) is 6.43. The molecular weight excluding hydrogens is 220 g/mol. The number of hydrogen-bond acceptors (Lipinski definition) is 4. The smallest absolute Gasteiger partial charge is 0.135 e. The van der Waals surface area contributed by atoms with Crippen LogP contribution < -0.4 is 5.73 Å². The van der Waals surface area contributed by atoms with E-state index in [1.54, 1.807) is 11.3 Å². The number of hydrogen-bond donors (Lipinski definition) is 2. The summed E-state index contributed by atoms with van der Waals surface area (Å²) in [7, 11) is 0. The van der Waals surface area contributed by atoms with Crippen molar-refractivity contribution in [2.75, 3.05) is 19.6 Å². The molecule has 0 saturated heterocycles. The van der Waals surface area contributed by atoms with Crippen LogP contribution in [0.3, 0.4) is 0 Å². The SMILES string of the molecule is CCN(CC)CCc1nc(C)c(C(=N)N)s1. The summed E-state index contributed by atoms with van der Waals surface area (Å²) in [6.45, 7) is 9.40. The number of thiazole rings is 1. The molecule has 0 fully saturated rings. The van der Waals surface area contributed by atoms with E-state index in [2.05, 4.69) is 23.7 Å². The van der Waals surface area contributed by atoms with Crippen LogP contribution in [0.15, 0.2) is 0 Å². The monoisotopic (exact) mass is 240 g/mol. The van der Waals surface area contributed by atoms with Crippen molar-refractivity contribution in [3.63, 3.8) is 0 Å². The third kappa shape index (κ3) is 3.28. The van der Waals surface area contributed by atoms with E-state index in [1.807, 2.05) is 6.92 Å². The summed E-state index contributed by atoms with van der Waals surface area (Å²) in [6, 6.07) is 0. The molecule has 1 aromatic heterocycles. The molecule has 0 bridgehead atoms. The Kier molecular flexibility index (Phi) is 4.89. The summed E-state index contributed by atoms with van der Waals surface area (Å²) in [5.74, 6) is 0.129. The Bertz CT molecular complexity index is 355. The van der Waals surface area contributed by atoms with Gasteiger partial charge >= 0.3 is 0 Å². The minimum atomic E-state index is 0.129. The van der Waals surface area contributed by atoms with Gasteiger partial charge in [0.2, 0.25) is 0 Å². The predicted molar refractivity (Wildman–Crippen MR) is 69.4 cm³/mol. The van der Waals surface area contributed by atoms with Crippen LogP contribution in [-0.2, 0) is 6.42 Å². The first-order chi connectivity index (χ1) is 7.58. The summed E-state index contributed by atoms with van der Waals surface area (Å²) in [5.41, 5.74) is 6.36. The van der Waals surface area contributed by atoms with Gasteiger partial charge in [0.05, 0.1) is 15.6 Å². The van der Waals surface area contributed by atoms with Crippen molar-refractivity contribution < 1.29 is 0 Å². The van der Waals surface area contributed by atoms with E-state index in [4.69, 9.17) is 11.1 Å². The highest BCUT2D eigenvalue weighted by atomic mass is 32.1. The average molecular weight is 240 g/mol. The van der Waals surface area contributed by atoms with Crippen molar-refractivity contribution in [3.05, 3.63) is 15.6 Å². The molecule has 16 heavy (non-hydrogen) atoms. The summed E-state index contributed by atoms with van der Waals surface area (Å²) < 4.78 is 0. The Morgan fingerprint density at radius 1 is 1.44 bits per heavy atom. The van der Waals surface area contributed by atoms with Gasteiger partial charge in [0.1, 0.15) is 5.84 Å². The van der Waals surface area contributed by atoms with Gasteiger partial charge in [-0.05, 0) is 20.0 Å². The molecule has 0 radical (unpaired) electrons. The molecule has 4 nitrogen and oxygen atoms in total. The molecule has 0 unspecified atom stereocenters. The minimum Gasteiger partial charge on any atom is -0.383 e. The van der Waals surface area contributed by atoms with Gasteiger partial charge in [0, 0.05) is 13.0 Å². The maximum absolute atomic E-state index is 7.42. The van der Waals surface area contributed by atoms with Crippen LogP contribution in [-0.4, -0.2) is 35.4 Å². The number of likely N-dealkylation sites (N-methyl/N-ethyl adjacent to an activating group) is 1. The van der Waals surface area contributed by atoms with E-state index in [0.717, 1.165) is 41.6 Å². The molecule has 1 aromatic rings. The van der Waals surface area contributed by atoms with Crippen molar-refractivity contribution in [3.8, 4) is 0 Å². The summed E-state index contributed by atoms with van der Waals surface area (Å²) >= 11 is 1.54. The van der Waals surface area contributed by atoms with Gasteiger partial charge in [-0.1, -0.05) is 13.8 Å². The Labute approximate surface area is 101 Å². The van der Waals surface area contributed by atoms with Crippen LogP contribution in [0.4, 0.5) is 0 Å². The summed E-state index contributed by atoms with van der Waals surface area (Å²) in [4.78, 5) is 7.62. The second kappa shape index (κ2) is 5.96. The van der Waals surface area contributed by atoms with E-state index in [9.17, 15) is 0 Å². The average Bonchev–Trinajstić information content (AvgIpc) is 2.61. The Balaban J connectivity index is 2.61. The number of nitrogen functional groups attached to an aromatic ring is 1. The van der Waals surface area contributed by atoms with Crippen LogP contribution in [0.2, 0.25) is 0 Å². The normalized spacial score (nSPS) is 11.0. The Morgan fingerprint density at radius 2 is 2.06 bits per heavy atom.